The van der Waals surface area contributed by atoms with Gasteiger partial charge in [-0.3, -0.25) is 4.79 Å². The minimum atomic E-state index is -0.754. The first-order valence-corrected chi connectivity index (χ1v) is 13.8. The van der Waals surface area contributed by atoms with Gasteiger partial charge in [0.2, 0.25) is 0 Å². The van der Waals surface area contributed by atoms with Gasteiger partial charge in [-0.2, -0.15) is 0 Å². The van der Waals surface area contributed by atoms with Gasteiger partial charge in [0, 0.05) is 6.42 Å². The highest BCUT2D eigenvalue weighted by molar-refractivity contribution is 5.66. The molecule has 4 rings (SSSR count). The average molecular weight is 463 g/mol. The van der Waals surface area contributed by atoms with Gasteiger partial charge in [-0.05, 0) is 116 Å². The van der Waals surface area contributed by atoms with Gasteiger partial charge >= 0.3 is 5.97 Å². The van der Waals surface area contributed by atoms with Gasteiger partial charge in [0.1, 0.15) is 0 Å². The normalized spacial score (nSPS) is 50.8. The van der Waals surface area contributed by atoms with Crippen LogP contribution in [-0.2, 0) is 4.79 Å². The van der Waals surface area contributed by atoms with E-state index in [0.29, 0.717) is 29.6 Å². The highest BCUT2D eigenvalue weighted by Crippen LogP contribution is 2.72. The molecule has 4 saturated carbocycles. The lowest BCUT2D eigenvalue weighted by molar-refractivity contribution is -0.264. The van der Waals surface area contributed by atoms with E-state index in [2.05, 4.69) is 48.5 Å². The molecule has 0 aliphatic heterocycles. The molecule has 0 radical (unpaired) electrons. The summed E-state index contributed by atoms with van der Waals surface area (Å²) in [7, 11) is 0. The van der Waals surface area contributed by atoms with Crippen LogP contribution in [0.3, 0.4) is 0 Å². The standard InChI is InChI=1S/C29H50O4/c1-17(8-11-23(31)32)19-9-10-20-24-21(13-15-27(19,20)5)28(6)14-12-18(30)16-22(28)25(26(2,3)4)29(24,7)33/h17-22,24-25,30,33H,8-16H2,1-7H3,(H,31,32)/t17-,18-,19-,20?,21?,22+,24?,25+,27-,28-,29+/m1/s1. The summed E-state index contributed by atoms with van der Waals surface area (Å²) in [6.45, 7) is 16.3. The van der Waals surface area contributed by atoms with Gasteiger partial charge in [-0.1, -0.05) is 41.5 Å². The van der Waals surface area contributed by atoms with Crippen molar-refractivity contribution in [2.24, 2.45) is 57.7 Å². The number of fused-ring (bicyclic) bond motifs is 5. The SMILES string of the molecule is C[C@H](CCC(=O)O)[C@H]1CCC2C3C(CC[C@@]21C)[C@@]1(C)CC[C@@H](O)C[C@H]1[C@@H](C(C)(C)C)[C@@]3(C)O. The van der Waals surface area contributed by atoms with Gasteiger partial charge in [0.05, 0.1) is 11.7 Å². The highest BCUT2D eigenvalue weighted by Gasteiger charge is 2.69. The lowest BCUT2D eigenvalue weighted by atomic mass is 9.37. The van der Waals surface area contributed by atoms with Gasteiger partial charge < -0.3 is 15.3 Å². The monoisotopic (exact) mass is 462 g/mol. The Morgan fingerprint density at radius 3 is 2.18 bits per heavy atom. The Morgan fingerprint density at radius 1 is 0.970 bits per heavy atom. The van der Waals surface area contributed by atoms with Gasteiger partial charge in [-0.25, -0.2) is 0 Å². The lowest BCUT2D eigenvalue weighted by Crippen LogP contribution is -2.69. The first kappa shape index (κ1) is 25.5. The molecule has 4 heteroatoms. The van der Waals surface area contributed by atoms with Crippen LogP contribution in [0, 0.1) is 57.7 Å². The molecule has 0 spiro atoms. The van der Waals surface area contributed by atoms with E-state index in [1.807, 2.05) is 0 Å². The minimum Gasteiger partial charge on any atom is -0.481 e. The summed E-state index contributed by atoms with van der Waals surface area (Å²) in [5.41, 5.74) is -0.422. The van der Waals surface area contributed by atoms with Crippen molar-refractivity contribution < 1.29 is 20.1 Å². The predicted octanol–water partition coefficient (Wildman–Crippen LogP) is 6.14. The molecular weight excluding hydrogens is 412 g/mol. The maximum Gasteiger partial charge on any atom is 0.303 e. The van der Waals surface area contributed by atoms with Crippen LogP contribution in [0.4, 0.5) is 0 Å². The van der Waals surface area contributed by atoms with Crippen molar-refractivity contribution in [3.8, 4) is 0 Å². The van der Waals surface area contributed by atoms with Crippen LogP contribution in [0.1, 0.15) is 106 Å². The number of carbonyl (C=O) groups is 1. The zero-order valence-corrected chi connectivity index (χ0v) is 22.2. The summed E-state index contributed by atoms with van der Waals surface area (Å²) in [4.78, 5) is 11.2. The van der Waals surface area contributed by atoms with E-state index in [0.717, 1.165) is 38.5 Å². The Kier molecular flexibility index (Phi) is 6.35. The average Bonchev–Trinajstić information content (AvgIpc) is 3.03. The molecule has 0 bridgehead atoms. The van der Waals surface area contributed by atoms with Crippen molar-refractivity contribution in [1.29, 1.82) is 0 Å². The number of carboxylic acid groups (broad SMARTS) is 1. The fourth-order valence-electron chi connectivity index (χ4n) is 10.6. The van der Waals surface area contributed by atoms with Crippen LogP contribution in [-0.4, -0.2) is 33.0 Å². The number of aliphatic carboxylic acids is 1. The number of hydrogen-bond donors (Lipinski definition) is 3. The van der Waals surface area contributed by atoms with Crippen molar-refractivity contribution in [3.63, 3.8) is 0 Å². The zero-order valence-electron chi connectivity index (χ0n) is 22.2. The zero-order chi connectivity index (χ0) is 24.6. The molecule has 0 aromatic carbocycles. The Hall–Kier alpha value is -0.610. The van der Waals surface area contributed by atoms with E-state index in [1.165, 1.54) is 12.8 Å². The van der Waals surface area contributed by atoms with Crippen molar-refractivity contribution in [1.82, 2.24) is 0 Å². The second-order valence-corrected chi connectivity index (χ2v) is 14.5. The predicted molar refractivity (Wildman–Crippen MR) is 132 cm³/mol. The molecule has 33 heavy (non-hydrogen) atoms. The third-order valence-corrected chi connectivity index (χ3v) is 11.7. The van der Waals surface area contributed by atoms with Crippen LogP contribution in [0.2, 0.25) is 0 Å². The smallest absolute Gasteiger partial charge is 0.303 e. The van der Waals surface area contributed by atoms with E-state index >= 15 is 0 Å². The molecule has 4 fully saturated rings. The minimum absolute atomic E-state index is 0.0297. The molecule has 3 unspecified atom stereocenters. The molecule has 4 nitrogen and oxygen atoms in total. The van der Waals surface area contributed by atoms with Crippen molar-refractivity contribution >= 4 is 5.97 Å². The van der Waals surface area contributed by atoms with Crippen LogP contribution in [0.15, 0.2) is 0 Å². The largest absolute Gasteiger partial charge is 0.481 e. The van der Waals surface area contributed by atoms with Gasteiger partial charge in [-0.15, -0.1) is 0 Å². The summed E-state index contributed by atoms with van der Waals surface area (Å²) in [5.74, 6) is 2.08. The molecule has 0 heterocycles. The third kappa shape index (κ3) is 3.90. The molecular formula is C29H50O4. The Balaban J connectivity index is 1.72. The quantitative estimate of drug-likeness (QED) is 0.469. The first-order valence-electron chi connectivity index (χ1n) is 13.8. The Bertz CT molecular complexity index is 753. The Labute approximate surface area is 201 Å². The van der Waals surface area contributed by atoms with Crippen LogP contribution in [0.5, 0.6) is 0 Å². The lowest BCUT2D eigenvalue weighted by Gasteiger charge is -2.69. The van der Waals surface area contributed by atoms with Crippen LogP contribution >= 0.6 is 0 Å². The molecule has 0 aromatic heterocycles. The summed E-state index contributed by atoms with van der Waals surface area (Å²) < 4.78 is 0. The maximum atomic E-state index is 12.5. The molecule has 4 aliphatic rings. The Morgan fingerprint density at radius 2 is 1.58 bits per heavy atom. The topological polar surface area (TPSA) is 77.8 Å². The van der Waals surface area contributed by atoms with Gasteiger partial charge in [0.25, 0.3) is 0 Å². The van der Waals surface area contributed by atoms with E-state index in [9.17, 15) is 20.1 Å². The fourth-order valence-corrected chi connectivity index (χ4v) is 10.6. The molecule has 11 atom stereocenters. The molecule has 4 aliphatic carbocycles. The molecule has 0 saturated heterocycles. The summed E-state index contributed by atoms with van der Waals surface area (Å²) in [6, 6.07) is 0. The number of aliphatic hydroxyl groups is 2. The van der Waals surface area contributed by atoms with E-state index in [4.69, 9.17) is 0 Å². The third-order valence-electron chi connectivity index (χ3n) is 11.7. The summed E-state index contributed by atoms with van der Waals surface area (Å²) in [5, 5.41) is 32.4. The summed E-state index contributed by atoms with van der Waals surface area (Å²) in [6.07, 6.45) is 8.27. The molecule has 3 N–H and O–H groups in total. The highest BCUT2D eigenvalue weighted by atomic mass is 16.4. The summed E-state index contributed by atoms with van der Waals surface area (Å²) >= 11 is 0. The molecule has 190 valence electrons. The van der Waals surface area contributed by atoms with E-state index < -0.39 is 11.6 Å². The fraction of sp³-hybridized carbons (Fsp3) is 0.966. The van der Waals surface area contributed by atoms with Crippen LogP contribution < -0.4 is 0 Å². The van der Waals surface area contributed by atoms with Crippen molar-refractivity contribution in [2.75, 3.05) is 0 Å². The number of hydrogen-bond acceptors (Lipinski definition) is 3. The number of carboxylic acids is 1. The van der Waals surface area contributed by atoms with E-state index in [-0.39, 0.29) is 40.6 Å². The van der Waals surface area contributed by atoms with Gasteiger partial charge in [0.15, 0.2) is 0 Å². The molecule has 0 amide bonds. The van der Waals surface area contributed by atoms with Crippen molar-refractivity contribution in [3.05, 3.63) is 0 Å². The maximum absolute atomic E-state index is 12.5. The van der Waals surface area contributed by atoms with Crippen molar-refractivity contribution in [2.45, 2.75) is 118 Å². The second-order valence-electron chi connectivity index (χ2n) is 14.5. The van der Waals surface area contributed by atoms with E-state index in [1.54, 1.807) is 0 Å². The number of rotatable bonds is 4. The van der Waals surface area contributed by atoms with Crippen LogP contribution in [0.25, 0.3) is 0 Å². The second kappa shape index (κ2) is 8.22. The first-order chi connectivity index (χ1) is 15.1. The number of aliphatic hydroxyl groups excluding tert-OH is 1. The molecule has 0 aromatic rings.